The molecular weight excluding hydrogens is 143 g/mol. The summed E-state index contributed by atoms with van der Waals surface area (Å²) in [6, 6.07) is 0. The number of hydrogen-bond donors (Lipinski definition) is 4. The van der Waals surface area contributed by atoms with Crippen molar-refractivity contribution in [3.63, 3.8) is 0 Å². The fourth-order valence-electron chi connectivity index (χ4n) is 0. The molecule has 0 radical (unpaired) electrons. The van der Waals surface area contributed by atoms with E-state index in [1.54, 1.807) is 0 Å². The van der Waals surface area contributed by atoms with E-state index in [9.17, 15) is 0 Å². The number of hydrogen-bond acceptors (Lipinski definition) is 4. The van der Waals surface area contributed by atoms with Gasteiger partial charge in [-0.05, 0) is 0 Å². The van der Waals surface area contributed by atoms with Crippen LogP contribution in [-0.2, 0) is 18.1 Å². The van der Waals surface area contributed by atoms with E-state index in [0.717, 1.165) is 0 Å². The van der Waals surface area contributed by atoms with Gasteiger partial charge in [0.1, 0.15) is 0 Å². The fraction of sp³-hybridized carbons (Fsp3) is 0. The van der Waals surface area contributed by atoms with Crippen LogP contribution in [0.4, 0.5) is 0 Å². The predicted molar refractivity (Wildman–Crippen MR) is 24.6 cm³/mol. The van der Waals surface area contributed by atoms with Crippen molar-refractivity contribution >= 4 is 41.9 Å². The minimum absolute atomic E-state index is 0. The van der Waals surface area contributed by atoms with E-state index < -0.39 is 18.1 Å². The summed E-state index contributed by atoms with van der Waals surface area (Å²) in [5.41, 5.74) is 0. The summed E-state index contributed by atoms with van der Waals surface area (Å²) in [6.45, 7) is 0. The Morgan fingerprint density at radius 3 is 0.857 bits per heavy atom. The topological polar surface area (TPSA) is 80.9 Å². The van der Waals surface area contributed by atoms with Gasteiger partial charge >= 0.3 is 74.8 Å². The molecule has 0 amide bonds. The van der Waals surface area contributed by atoms with Gasteiger partial charge in [-0.3, -0.25) is 0 Å². The van der Waals surface area contributed by atoms with Crippen molar-refractivity contribution in [1.29, 1.82) is 0 Å². The molecule has 7 heavy (non-hydrogen) atoms. The van der Waals surface area contributed by atoms with Gasteiger partial charge in [0.05, 0.1) is 0 Å². The van der Waals surface area contributed by atoms with Crippen molar-refractivity contribution in [1.82, 2.24) is 0 Å². The normalized spacial score (nSPS) is 8.57. The average Bonchev–Trinajstić information content (AvgIpc) is 0.722. The van der Waals surface area contributed by atoms with Crippen molar-refractivity contribution in [3.8, 4) is 0 Å². The minimum atomic E-state index is -5.00. The molecule has 0 unspecified atom stereocenters. The number of rotatable bonds is 0. The van der Waals surface area contributed by atoms with Gasteiger partial charge in [0.2, 0.25) is 0 Å². The molecule has 4 N–H and O–H groups in total. The zero-order valence-electron chi connectivity index (χ0n) is 2.29. The second-order valence-corrected chi connectivity index (χ2v) is 2.47. The first-order chi connectivity index (χ1) is 2.00. The van der Waals surface area contributed by atoms with Crippen LogP contribution in [0, 0.1) is 0 Å². The zero-order chi connectivity index (χ0) is 4.50. The fourth-order valence-corrected chi connectivity index (χ4v) is 0. The van der Waals surface area contributed by atoms with Crippen LogP contribution in [0.15, 0.2) is 0 Å². The Morgan fingerprint density at radius 2 is 0.857 bits per heavy atom. The van der Waals surface area contributed by atoms with E-state index in [2.05, 4.69) is 0 Å². The summed E-state index contributed by atoms with van der Waals surface area (Å²) in [5.74, 6) is 0. The second kappa shape index (κ2) is 6.04. The molecule has 38 valence electrons. The molecule has 0 saturated carbocycles. The van der Waals surface area contributed by atoms with Crippen molar-refractivity contribution < 1.29 is 32.9 Å². The molecule has 0 heterocycles. The van der Waals surface area contributed by atoms with Gasteiger partial charge < -0.3 is 0 Å². The monoisotopic (exact) mass is 150 g/mol. The summed E-state index contributed by atoms with van der Waals surface area (Å²) < 4.78 is 29.5. The quantitative estimate of drug-likeness (QED) is 0.267. The summed E-state index contributed by atoms with van der Waals surface area (Å²) in [6.07, 6.45) is 0. The van der Waals surface area contributed by atoms with E-state index >= 15 is 0 Å². The molecule has 0 fully saturated rings. The van der Waals surface area contributed by atoms with Crippen LogP contribution in [0.3, 0.4) is 0 Å². The summed E-state index contributed by atoms with van der Waals surface area (Å²) in [5, 5.41) is 0. The first-order valence-corrected chi connectivity index (χ1v) is 3.69. The van der Waals surface area contributed by atoms with Crippen LogP contribution in [0.5, 0.6) is 0 Å². The van der Waals surface area contributed by atoms with Gasteiger partial charge in [0.25, 0.3) is 0 Å². The third-order valence-electron chi connectivity index (χ3n) is 0. The molecule has 0 aliphatic rings. The molecule has 7 heteroatoms. The molecule has 0 aliphatic heterocycles. The van der Waals surface area contributed by atoms with Gasteiger partial charge in [-0.15, -0.1) is 0 Å². The Hall–Kier alpha value is 1.92. The van der Waals surface area contributed by atoms with Gasteiger partial charge in [-0.2, -0.15) is 0 Å². The van der Waals surface area contributed by atoms with Crippen molar-refractivity contribution in [2.75, 3.05) is 0 Å². The molecule has 0 rings (SSSR count). The molecule has 0 aromatic carbocycles. The third kappa shape index (κ3) is 75.4. The molecule has 0 saturated heterocycles. The molecule has 0 atom stereocenters. The van der Waals surface area contributed by atoms with Crippen LogP contribution in [0.1, 0.15) is 0 Å². The van der Waals surface area contributed by atoms with Crippen molar-refractivity contribution in [2.45, 2.75) is 0 Å². The molecule has 0 aromatic heterocycles. The van der Waals surface area contributed by atoms with Gasteiger partial charge in [0.15, 0.2) is 0 Å². The Morgan fingerprint density at radius 1 is 0.857 bits per heavy atom. The second-order valence-electron chi connectivity index (χ2n) is 0.600. The average molecular weight is 150 g/mol. The van der Waals surface area contributed by atoms with Crippen LogP contribution < -0.4 is 0 Å². The maximum absolute atomic E-state index is 7.38. The van der Waals surface area contributed by atoms with E-state index in [-0.39, 0.29) is 41.9 Å². The zero-order valence-corrected chi connectivity index (χ0v) is 3.85. The summed E-state index contributed by atoms with van der Waals surface area (Å²) in [4.78, 5) is 0. The van der Waals surface area contributed by atoms with Crippen molar-refractivity contribution in [2.24, 2.45) is 0 Å². The molecular formula is H7LiMgO4Ti. The molecule has 0 aromatic rings. The predicted octanol–water partition coefficient (Wildman–Crippen LogP) is -3.80. The molecule has 0 aliphatic carbocycles. The standard InChI is InChI=1S/Li.Mg.4H2O.Ti.3H/h;;4*1H2;;;;/q;;;;;;+4;;;/p-4. The SMILES string of the molecule is [LiH].[MgH2].[OH][Ti]([OH])([OH])[OH]. The molecule has 0 bridgehead atoms. The van der Waals surface area contributed by atoms with Crippen LogP contribution in [0.2, 0.25) is 0 Å². The van der Waals surface area contributed by atoms with E-state index in [1.807, 2.05) is 0 Å². The Bertz CT molecular complexity index is 27.2. The first-order valence-electron chi connectivity index (χ1n) is 0.894. The van der Waals surface area contributed by atoms with Crippen LogP contribution in [-0.4, -0.2) is 56.7 Å². The van der Waals surface area contributed by atoms with Gasteiger partial charge in [0, 0.05) is 0 Å². The van der Waals surface area contributed by atoms with Gasteiger partial charge in [-0.25, -0.2) is 0 Å². The molecule has 0 spiro atoms. The summed E-state index contributed by atoms with van der Waals surface area (Å²) in [7, 11) is 0. The van der Waals surface area contributed by atoms with Gasteiger partial charge in [-0.1, -0.05) is 0 Å². The van der Waals surface area contributed by atoms with E-state index in [1.165, 1.54) is 0 Å². The summed E-state index contributed by atoms with van der Waals surface area (Å²) >= 11 is -5.00. The Labute approximate surface area is 74.1 Å². The van der Waals surface area contributed by atoms with Crippen LogP contribution >= 0.6 is 0 Å². The Kier molecular flexibility index (Phi) is 13.8. The first kappa shape index (κ1) is 16.0. The van der Waals surface area contributed by atoms with E-state index in [4.69, 9.17) is 14.8 Å². The molecule has 4 nitrogen and oxygen atoms in total. The van der Waals surface area contributed by atoms with Crippen molar-refractivity contribution in [3.05, 3.63) is 0 Å². The van der Waals surface area contributed by atoms with Crippen LogP contribution in [0.25, 0.3) is 0 Å². The maximum atomic E-state index is 7.38. The third-order valence-corrected chi connectivity index (χ3v) is 0. The Balaban J connectivity index is -0.0000000800. The van der Waals surface area contributed by atoms with E-state index in [0.29, 0.717) is 0 Å².